The Morgan fingerprint density at radius 1 is 1.40 bits per heavy atom. The van der Waals surface area contributed by atoms with Gasteiger partial charge in [0.1, 0.15) is 5.56 Å². The third kappa shape index (κ3) is 5.20. The molecule has 0 radical (unpaired) electrons. The summed E-state index contributed by atoms with van der Waals surface area (Å²) in [6.07, 6.45) is 4.27. The van der Waals surface area contributed by atoms with Crippen LogP contribution in [0.25, 0.3) is 0 Å². The van der Waals surface area contributed by atoms with Crippen LogP contribution in [-0.2, 0) is 4.74 Å². The second kappa shape index (κ2) is 9.05. The number of carbonyl (C=O) groups excluding carboxylic acids is 1. The number of aromatic carboxylic acids is 1. The first-order valence-corrected chi connectivity index (χ1v) is 8.37. The maximum Gasteiger partial charge on any atom is 0.409 e. The van der Waals surface area contributed by atoms with E-state index in [0.29, 0.717) is 25.6 Å². The van der Waals surface area contributed by atoms with Crippen LogP contribution in [0.15, 0.2) is 6.20 Å². The molecule has 1 fully saturated rings. The summed E-state index contributed by atoms with van der Waals surface area (Å²) in [6.45, 7) is 3.68. The van der Waals surface area contributed by atoms with E-state index in [1.165, 1.54) is 13.3 Å². The summed E-state index contributed by atoms with van der Waals surface area (Å²) >= 11 is 0. The van der Waals surface area contributed by atoms with Crippen LogP contribution in [0.2, 0.25) is 0 Å². The van der Waals surface area contributed by atoms with Crippen molar-refractivity contribution in [1.29, 1.82) is 0 Å². The molecule has 0 bridgehead atoms. The fraction of sp³-hybridized carbons (Fsp3) is 0.625. The quantitative estimate of drug-likeness (QED) is 0.716. The highest BCUT2D eigenvalue weighted by Crippen LogP contribution is 2.19. The van der Waals surface area contributed by atoms with Gasteiger partial charge in [0, 0.05) is 19.1 Å². The molecule has 1 amide bonds. The number of amides is 1. The number of nitrogens with one attached hydrogen (secondary N) is 1. The van der Waals surface area contributed by atoms with Gasteiger partial charge in [-0.25, -0.2) is 14.6 Å². The third-order valence-corrected chi connectivity index (χ3v) is 3.99. The summed E-state index contributed by atoms with van der Waals surface area (Å²) < 4.78 is 10.2. The number of ether oxygens (including phenoxy) is 2. The Hall–Kier alpha value is -2.58. The molecule has 2 heterocycles. The van der Waals surface area contributed by atoms with Gasteiger partial charge in [0.05, 0.1) is 19.9 Å². The van der Waals surface area contributed by atoms with Gasteiger partial charge < -0.3 is 24.8 Å². The van der Waals surface area contributed by atoms with Crippen LogP contribution in [-0.4, -0.2) is 64.9 Å². The Morgan fingerprint density at radius 3 is 2.72 bits per heavy atom. The van der Waals surface area contributed by atoms with Gasteiger partial charge in [0.25, 0.3) is 0 Å². The molecule has 2 rings (SSSR count). The number of anilines is 1. The molecule has 0 aliphatic carbocycles. The number of hydrogen-bond acceptors (Lipinski definition) is 7. The molecule has 0 unspecified atom stereocenters. The summed E-state index contributed by atoms with van der Waals surface area (Å²) in [5, 5.41) is 12.2. The van der Waals surface area contributed by atoms with Gasteiger partial charge in [-0.3, -0.25) is 0 Å². The van der Waals surface area contributed by atoms with E-state index in [-0.39, 0.29) is 23.6 Å². The molecule has 1 aliphatic heterocycles. The third-order valence-electron chi connectivity index (χ3n) is 3.99. The largest absolute Gasteiger partial charge is 0.480 e. The van der Waals surface area contributed by atoms with Gasteiger partial charge >= 0.3 is 12.1 Å². The summed E-state index contributed by atoms with van der Waals surface area (Å²) in [6, 6.07) is 0.0973. The Kier molecular flexibility index (Phi) is 6.79. The number of likely N-dealkylation sites (tertiary alicyclic amines) is 1. The first-order chi connectivity index (χ1) is 12.0. The second-order valence-electron chi connectivity index (χ2n) is 5.80. The molecule has 0 spiro atoms. The van der Waals surface area contributed by atoms with E-state index in [4.69, 9.17) is 14.6 Å². The van der Waals surface area contributed by atoms with Gasteiger partial charge in [-0.05, 0) is 19.3 Å². The van der Waals surface area contributed by atoms with Crippen LogP contribution in [0, 0.1) is 0 Å². The minimum atomic E-state index is -1.14. The standard InChI is InChI=1S/C16H24N4O5/c1-3-4-9-25-16(23)20-7-5-11(6-8-20)18-15-17-10-12(14(21)22)13(19-15)24-2/h10-11H,3-9H2,1-2H3,(H,21,22)(H,17,18,19). The van der Waals surface area contributed by atoms with Crippen molar-refractivity contribution in [3.05, 3.63) is 11.8 Å². The van der Waals surface area contributed by atoms with Crippen molar-refractivity contribution < 1.29 is 24.2 Å². The zero-order valence-electron chi connectivity index (χ0n) is 14.5. The Morgan fingerprint density at radius 2 is 2.12 bits per heavy atom. The lowest BCUT2D eigenvalue weighted by atomic mass is 10.1. The predicted molar refractivity (Wildman–Crippen MR) is 90.0 cm³/mol. The van der Waals surface area contributed by atoms with Crippen molar-refractivity contribution in [1.82, 2.24) is 14.9 Å². The lowest BCUT2D eigenvalue weighted by Gasteiger charge is -2.31. The van der Waals surface area contributed by atoms with Crippen LogP contribution in [0.1, 0.15) is 43.0 Å². The molecular formula is C16H24N4O5. The molecule has 9 heteroatoms. The van der Waals surface area contributed by atoms with Crippen molar-refractivity contribution in [3.8, 4) is 5.88 Å². The van der Waals surface area contributed by atoms with Crippen LogP contribution in [0.5, 0.6) is 5.88 Å². The highest BCUT2D eigenvalue weighted by molar-refractivity contribution is 5.89. The number of carboxylic acid groups (broad SMARTS) is 1. The van der Waals surface area contributed by atoms with E-state index in [2.05, 4.69) is 15.3 Å². The van der Waals surface area contributed by atoms with E-state index in [1.807, 2.05) is 6.92 Å². The predicted octanol–water partition coefficient (Wildman–Crippen LogP) is 2.00. The zero-order chi connectivity index (χ0) is 18.2. The van der Waals surface area contributed by atoms with Crippen LogP contribution >= 0.6 is 0 Å². The van der Waals surface area contributed by atoms with E-state index in [0.717, 1.165) is 25.7 Å². The molecule has 0 atom stereocenters. The van der Waals surface area contributed by atoms with E-state index < -0.39 is 5.97 Å². The zero-order valence-corrected chi connectivity index (χ0v) is 14.5. The molecule has 0 aromatic carbocycles. The number of methoxy groups -OCH3 is 1. The van der Waals surface area contributed by atoms with Crippen LogP contribution in [0.3, 0.4) is 0 Å². The van der Waals surface area contributed by atoms with Crippen LogP contribution in [0.4, 0.5) is 10.7 Å². The van der Waals surface area contributed by atoms with Crippen LogP contribution < -0.4 is 10.1 Å². The molecule has 25 heavy (non-hydrogen) atoms. The second-order valence-corrected chi connectivity index (χ2v) is 5.80. The van der Waals surface area contributed by atoms with Crippen molar-refractivity contribution in [2.45, 2.75) is 38.6 Å². The summed E-state index contributed by atoms with van der Waals surface area (Å²) in [7, 11) is 1.36. The normalized spacial score (nSPS) is 14.9. The lowest BCUT2D eigenvalue weighted by Crippen LogP contribution is -2.42. The average molecular weight is 352 g/mol. The van der Waals surface area contributed by atoms with E-state index in [1.54, 1.807) is 4.90 Å². The number of hydrogen-bond donors (Lipinski definition) is 2. The topological polar surface area (TPSA) is 114 Å². The number of carboxylic acids is 1. The number of rotatable bonds is 7. The maximum absolute atomic E-state index is 11.9. The van der Waals surface area contributed by atoms with Gasteiger partial charge in [-0.15, -0.1) is 0 Å². The van der Waals surface area contributed by atoms with Gasteiger partial charge in [0.15, 0.2) is 0 Å². The minimum Gasteiger partial charge on any atom is -0.480 e. The summed E-state index contributed by atoms with van der Waals surface area (Å²) in [4.78, 5) is 32.8. The lowest BCUT2D eigenvalue weighted by molar-refractivity contribution is 0.0691. The molecule has 1 aromatic rings. The summed E-state index contributed by atoms with van der Waals surface area (Å²) in [5.41, 5.74) is -0.0855. The van der Waals surface area contributed by atoms with Crippen molar-refractivity contribution in [3.63, 3.8) is 0 Å². The van der Waals surface area contributed by atoms with Gasteiger partial charge in [0.2, 0.25) is 11.8 Å². The number of unbranched alkanes of at least 4 members (excludes halogenated alkanes) is 1. The van der Waals surface area contributed by atoms with Crippen molar-refractivity contribution in [2.24, 2.45) is 0 Å². The van der Waals surface area contributed by atoms with Crippen molar-refractivity contribution in [2.75, 3.05) is 32.1 Å². The fourth-order valence-corrected chi connectivity index (χ4v) is 2.52. The SMILES string of the molecule is CCCCOC(=O)N1CCC(Nc2ncc(C(=O)O)c(OC)n2)CC1. The smallest absolute Gasteiger partial charge is 0.409 e. The number of aromatic nitrogens is 2. The molecule has 9 nitrogen and oxygen atoms in total. The van der Waals surface area contributed by atoms with Crippen molar-refractivity contribution >= 4 is 18.0 Å². The first-order valence-electron chi connectivity index (χ1n) is 8.37. The number of carbonyl (C=O) groups is 2. The minimum absolute atomic E-state index is 0.0157. The van der Waals surface area contributed by atoms with E-state index >= 15 is 0 Å². The fourth-order valence-electron chi connectivity index (χ4n) is 2.52. The monoisotopic (exact) mass is 352 g/mol. The Balaban J connectivity index is 1.85. The number of nitrogens with zero attached hydrogens (tertiary/aromatic N) is 3. The molecule has 1 aliphatic rings. The molecule has 2 N–H and O–H groups in total. The number of piperidine rings is 1. The Labute approximate surface area is 146 Å². The molecule has 138 valence electrons. The molecule has 1 saturated heterocycles. The van der Waals surface area contributed by atoms with Gasteiger partial charge in [-0.2, -0.15) is 4.98 Å². The Bertz CT molecular complexity index is 602. The van der Waals surface area contributed by atoms with E-state index in [9.17, 15) is 9.59 Å². The molecule has 0 saturated carbocycles. The summed E-state index contributed by atoms with van der Waals surface area (Å²) in [5.74, 6) is -0.814. The highest BCUT2D eigenvalue weighted by atomic mass is 16.6. The first kappa shape index (κ1) is 18.8. The molecular weight excluding hydrogens is 328 g/mol. The maximum atomic E-state index is 11.9. The average Bonchev–Trinajstić information content (AvgIpc) is 2.62. The highest BCUT2D eigenvalue weighted by Gasteiger charge is 2.24. The molecule has 1 aromatic heterocycles. The van der Waals surface area contributed by atoms with Gasteiger partial charge in [-0.1, -0.05) is 13.3 Å².